The monoisotopic (exact) mass is 291 g/mol. The standard InChI is InChI=1S/C16H21NO4/c1-11(18)12-2-8-15(9-3-12)21-10-16(20)17-13-4-6-14(19)7-5-13/h2-3,8-9,13-14,19H,4-7,10H2,1H3,(H,17,20). The lowest BCUT2D eigenvalue weighted by Crippen LogP contribution is -2.40. The van der Waals surface area contributed by atoms with Crippen molar-refractivity contribution in [2.45, 2.75) is 44.8 Å². The van der Waals surface area contributed by atoms with Gasteiger partial charge in [0.2, 0.25) is 0 Å². The van der Waals surface area contributed by atoms with Gasteiger partial charge in [-0.2, -0.15) is 0 Å². The van der Waals surface area contributed by atoms with Crippen molar-refractivity contribution in [3.05, 3.63) is 29.8 Å². The molecule has 0 unspecified atom stereocenters. The Morgan fingerprint density at radius 1 is 1.19 bits per heavy atom. The second kappa shape index (κ2) is 7.22. The van der Waals surface area contributed by atoms with Crippen molar-refractivity contribution in [2.75, 3.05) is 6.61 Å². The predicted octanol–water partition coefficient (Wildman–Crippen LogP) is 1.69. The van der Waals surface area contributed by atoms with Crippen LogP contribution in [0.1, 0.15) is 43.0 Å². The highest BCUT2D eigenvalue weighted by molar-refractivity contribution is 5.94. The molecule has 1 fully saturated rings. The Bertz CT molecular complexity index is 490. The molecular formula is C16H21NO4. The first-order valence-electron chi connectivity index (χ1n) is 7.26. The lowest BCUT2D eigenvalue weighted by atomic mass is 9.93. The highest BCUT2D eigenvalue weighted by atomic mass is 16.5. The zero-order valence-electron chi connectivity index (χ0n) is 12.2. The highest BCUT2D eigenvalue weighted by Crippen LogP contribution is 2.18. The van der Waals surface area contributed by atoms with E-state index < -0.39 is 0 Å². The van der Waals surface area contributed by atoms with E-state index in [1.54, 1.807) is 24.3 Å². The van der Waals surface area contributed by atoms with Gasteiger partial charge in [-0.05, 0) is 56.9 Å². The Balaban J connectivity index is 1.74. The summed E-state index contributed by atoms with van der Waals surface area (Å²) < 4.78 is 5.39. The number of hydrogen-bond donors (Lipinski definition) is 2. The predicted molar refractivity (Wildman–Crippen MR) is 78.3 cm³/mol. The molecule has 5 nitrogen and oxygen atoms in total. The summed E-state index contributed by atoms with van der Waals surface area (Å²) in [6.07, 6.45) is 2.85. The Labute approximate surface area is 124 Å². The van der Waals surface area contributed by atoms with Crippen LogP contribution in [0.2, 0.25) is 0 Å². The highest BCUT2D eigenvalue weighted by Gasteiger charge is 2.20. The Morgan fingerprint density at radius 3 is 2.38 bits per heavy atom. The first kappa shape index (κ1) is 15.5. The number of amides is 1. The molecule has 1 saturated carbocycles. The smallest absolute Gasteiger partial charge is 0.258 e. The van der Waals surface area contributed by atoms with E-state index in [9.17, 15) is 14.7 Å². The number of hydrogen-bond acceptors (Lipinski definition) is 4. The van der Waals surface area contributed by atoms with E-state index in [4.69, 9.17) is 4.74 Å². The lowest BCUT2D eigenvalue weighted by molar-refractivity contribution is -0.124. The zero-order valence-corrected chi connectivity index (χ0v) is 12.2. The Morgan fingerprint density at radius 2 is 1.81 bits per heavy atom. The van der Waals surface area contributed by atoms with Gasteiger partial charge in [-0.15, -0.1) is 0 Å². The maximum Gasteiger partial charge on any atom is 0.258 e. The number of ether oxygens (including phenoxy) is 1. The molecule has 0 aromatic heterocycles. The number of carbonyl (C=O) groups is 2. The van der Waals surface area contributed by atoms with Crippen molar-refractivity contribution in [3.63, 3.8) is 0 Å². The quantitative estimate of drug-likeness (QED) is 0.809. The topological polar surface area (TPSA) is 75.6 Å². The number of aliphatic hydroxyl groups excluding tert-OH is 1. The third-order valence-corrected chi connectivity index (χ3v) is 3.69. The molecule has 1 aromatic carbocycles. The molecule has 0 atom stereocenters. The summed E-state index contributed by atoms with van der Waals surface area (Å²) in [5.41, 5.74) is 0.618. The molecule has 1 aliphatic carbocycles. The van der Waals surface area contributed by atoms with Crippen LogP contribution >= 0.6 is 0 Å². The number of carbonyl (C=O) groups excluding carboxylic acids is 2. The minimum absolute atomic E-state index is 0.00113. The molecule has 1 aliphatic rings. The van der Waals surface area contributed by atoms with Gasteiger partial charge in [0.15, 0.2) is 12.4 Å². The van der Waals surface area contributed by atoms with Crippen LogP contribution < -0.4 is 10.1 Å². The summed E-state index contributed by atoms with van der Waals surface area (Å²) in [7, 11) is 0. The molecule has 0 bridgehead atoms. The summed E-state index contributed by atoms with van der Waals surface area (Å²) >= 11 is 0. The van der Waals surface area contributed by atoms with Gasteiger partial charge in [-0.25, -0.2) is 0 Å². The summed E-state index contributed by atoms with van der Waals surface area (Å²) in [4.78, 5) is 22.9. The third kappa shape index (κ3) is 4.86. The fraction of sp³-hybridized carbons (Fsp3) is 0.500. The van der Waals surface area contributed by atoms with Crippen molar-refractivity contribution in [1.82, 2.24) is 5.32 Å². The van der Waals surface area contributed by atoms with E-state index in [0.29, 0.717) is 11.3 Å². The van der Waals surface area contributed by atoms with Crippen LogP contribution in [0.15, 0.2) is 24.3 Å². The van der Waals surface area contributed by atoms with Gasteiger partial charge < -0.3 is 15.2 Å². The van der Waals surface area contributed by atoms with Gasteiger partial charge in [0.1, 0.15) is 5.75 Å². The van der Waals surface area contributed by atoms with Crippen LogP contribution in [0.25, 0.3) is 0 Å². The molecule has 2 N–H and O–H groups in total. The van der Waals surface area contributed by atoms with Crippen LogP contribution in [0.3, 0.4) is 0 Å². The maximum absolute atomic E-state index is 11.8. The zero-order chi connectivity index (χ0) is 15.2. The van der Waals surface area contributed by atoms with E-state index in [2.05, 4.69) is 5.32 Å². The van der Waals surface area contributed by atoms with Crippen molar-refractivity contribution in [2.24, 2.45) is 0 Å². The second-order valence-corrected chi connectivity index (χ2v) is 5.44. The summed E-state index contributed by atoms with van der Waals surface area (Å²) in [6.45, 7) is 1.46. The van der Waals surface area contributed by atoms with E-state index in [1.165, 1.54) is 6.92 Å². The molecule has 0 aliphatic heterocycles. The van der Waals surface area contributed by atoms with Crippen LogP contribution in [-0.2, 0) is 4.79 Å². The third-order valence-electron chi connectivity index (χ3n) is 3.69. The van der Waals surface area contributed by atoms with Crippen molar-refractivity contribution in [1.29, 1.82) is 0 Å². The van der Waals surface area contributed by atoms with Gasteiger partial charge >= 0.3 is 0 Å². The average Bonchev–Trinajstić information content (AvgIpc) is 2.48. The molecule has 1 amide bonds. The van der Waals surface area contributed by atoms with Crippen LogP contribution in [-0.4, -0.2) is 35.5 Å². The number of Topliss-reactive ketones (excluding diaryl/α,β-unsaturated/α-hetero) is 1. The average molecular weight is 291 g/mol. The molecule has 0 radical (unpaired) electrons. The van der Waals surface area contributed by atoms with Gasteiger partial charge in [0.05, 0.1) is 6.10 Å². The van der Waals surface area contributed by atoms with E-state index >= 15 is 0 Å². The minimum atomic E-state index is -0.228. The molecule has 0 saturated heterocycles. The van der Waals surface area contributed by atoms with Crippen LogP contribution in [0.5, 0.6) is 5.75 Å². The van der Waals surface area contributed by atoms with Crippen molar-refractivity contribution in [3.8, 4) is 5.75 Å². The normalized spacial score (nSPS) is 21.6. The Kier molecular flexibility index (Phi) is 5.33. The number of nitrogens with one attached hydrogen (secondary N) is 1. The van der Waals surface area contributed by atoms with Crippen LogP contribution in [0.4, 0.5) is 0 Å². The molecule has 5 heteroatoms. The molecule has 21 heavy (non-hydrogen) atoms. The van der Waals surface area contributed by atoms with Gasteiger partial charge in [0, 0.05) is 11.6 Å². The number of rotatable bonds is 5. The Hall–Kier alpha value is -1.88. The van der Waals surface area contributed by atoms with E-state index in [-0.39, 0.29) is 30.4 Å². The fourth-order valence-electron chi connectivity index (χ4n) is 2.42. The molecule has 1 aromatic rings. The van der Waals surface area contributed by atoms with Gasteiger partial charge in [-0.1, -0.05) is 0 Å². The molecule has 0 heterocycles. The van der Waals surface area contributed by atoms with E-state index in [1.807, 2.05) is 0 Å². The van der Waals surface area contributed by atoms with Gasteiger partial charge in [-0.3, -0.25) is 9.59 Å². The van der Waals surface area contributed by atoms with Crippen LogP contribution in [0, 0.1) is 0 Å². The number of benzene rings is 1. The number of aliphatic hydroxyl groups is 1. The summed E-state index contributed by atoms with van der Waals surface area (Å²) in [5, 5.41) is 12.3. The molecule has 0 spiro atoms. The van der Waals surface area contributed by atoms with Crippen molar-refractivity contribution < 1.29 is 19.4 Å². The summed E-state index contributed by atoms with van der Waals surface area (Å²) in [5.74, 6) is 0.403. The molecule has 2 rings (SSSR count). The largest absolute Gasteiger partial charge is 0.484 e. The second-order valence-electron chi connectivity index (χ2n) is 5.44. The SMILES string of the molecule is CC(=O)c1ccc(OCC(=O)NC2CCC(O)CC2)cc1. The van der Waals surface area contributed by atoms with Gasteiger partial charge in [0.25, 0.3) is 5.91 Å². The first-order chi connectivity index (χ1) is 10.0. The molecule has 114 valence electrons. The maximum atomic E-state index is 11.8. The minimum Gasteiger partial charge on any atom is -0.484 e. The van der Waals surface area contributed by atoms with Crippen molar-refractivity contribution >= 4 is 11.7 Å². The summed E-state index contributed by atoms with van der Waals surface area (Å²) in [6, 6.07) is 6.85. The molecular weight excluding hydrogens is 270 g/mol. The lowest BCUT2D eigenvalue weighted by Gasteiger charge is -2.26. The van der Waals surface area contributed by atoms with E-state index in [0.717, 1.165) is 25.7 Å². The number of ketones is 1. The fourth-order valence-corrected chi connectivity index (χ4v) is 2.42. The first-order valence-corrected chi connectivity index (χ1v) is 7.26.